The fraction of sp³-hybridized carbons (Fsp3) is 0.409. The summed E-state index contributed by atoms with van der Waals surface area (Å²) in [5.74, 6) is -0.341. The summed E-state index contributed by atoms with van der Waals surface area (Å²) in [4.78, 5) is 37.8. The van der Waals surface area contributed by atoms with Crippen LogP contribution >= 0.6 is 7.66 Å². The first-order chi connectivity index (χ1) is 17.0. The minimum absolute atomic E-state index is 0.110. The molecule has 2 unspecified atom stereocenters. The standard InChI is InChI=1S/C22H28FN4O8P/c1-13(2)33-21(30)14(3)26-36(24,35-15-7-5-4-6-8-15)32-12-17-19(29)16(11-23)20(34-17)27-10-9-18(28)25-22(27)31/h4-11,13-14,17,19-20,29H,12H2,1-3H3,(H2,24,26)(H,25,28,31)/b16-11+/t14-,17-,19+,20?,36?/m1/s1. The number of rotatable bonds is 10. The summed E-state index contributed by atoms with van der Waals surface area (Å²) in [6.07, 6.45) is -3.26. The van der Waals surface area contributed by atoms with Gasteiger partial charge in [0.1, 0.15) is 24.0 Å². The number of para-hydroxylation sites is 1. The van der Waals surface area contributed by atoms with E-state index in [4.69, 9.17) is 23.7 Å². The molecule has 1 saturated heterocycles. The Kier molecular flexibility index (Phi) is 8.98. The molecule has 4 N–H and O–H groups in total. The number of aliphatic hydroxyl groups is 1. The smallest absolute Gasteiger partial charge is 0.338 e. The zero-order valence-corrected chi connectivity index (χ0v) is 20.7. The van der Waals surface area contributed by atoms with Crippen LogP contribution in [-0.2, 0) is 18.8 Å². The lowest BCUT2D eigenvalue weighted by atomic mass is 10.1. The number of carbonyl (C=O) groups is 1. The predicted molar refractivity (Wildman–Crippen MR) is 127 cm³/mol. The molecule has 2 aromatic rings. The molecule has 14 heteroatoms. The second-order valence-electron chi connectivity index (χ2n) is 8.19. The summed E-state index contributed by atoms with van der Waals surface area (Å²) in [6.45, 7) is 4.39. The maximum absolute atomic E-state index is 13.6. The Morgan fingerprint density at radius 1 is 1.31 bits per heavy atom. The molecule has 0 saturated carbocycles. The fourth-order valence-electron chi connectivity index (χ4n) is 3.31. The van der Waals surface area contributed by atoms with Gasteiger partial charge in [-0.1, -0.05) is 18.2 Å². The van der Waals surface area contributed by atoms with Gasteiger partial charge in [0.25, 0.3) is 5.56 Å². The van der Waals surface area contributed by atoms with Crippen LogP contribution < -0.4 is 20.9 Å². The van der Waals surface area contributed by atoms with Crippen molar-refractivity contribution >= 4 is 13.6 Å². The van der Waals surface area contributed by atoms with Crippen molar-refractivity contribution in [1.82, 2.24) is 14.6 Å². The van der Waals surface area contributed by atoms with Crippen molar-refractivity contribution in [1.29, 1.82) is 5.16 Å². The summed E-state index contributed by atoms with van der Waals surface area (Å²) >= 11 is 0. The molecule has 1 fully saturated rings. The Hall–Kier alpha value is -3.09. The number of carbonyl (C=O) groups excluding carboxylic acids is 1. The second-order valence-corrected chi connectivity index (χ2v) is 9.99. The highest BCUT2D eigenvalue weighted by Crippen LogP contribution is 2.47. The monoisotopic (exact) mass is 526 g/mol. The molecule has 36 heavy (non-hydrogen) atoms. The average molecular weight is 526 g/mol. The van der Waals surface area contributed by atoms with Gasteiger partial charge in [-0.3, -0.25) is 19.1 Å². The Balaban J connectivity index is 1.80. The number of benzene rings is 1. The lowest BCUT2D eigenvalue weighted by molar-refractivity contribution is -0.149. The van der Waals surface area contributed by atoms with Gasteiger partial charge in [0.15, 0.2) is 6.23 Å². The first-order valence-electron chi connectivity index (χ1n) is 11.0. The van der Waals surface area contributed by atoms with Gasteiger partial charge < -0.3 is 23.6 Å². The molecule has 5 atom stereocenters. The molecular formula is C22H28FN4O8P. The first kappa shape index (κ1) is 27.5. The normalized spacial score (nSPS) is 23.4. The molecule has 1 aromatic carbocycles. The third-order valence-corrected chi connectivity index (χ3v) is 6.69. The summed E-state index contributed by atoms with van der Waals surface area (Å²) in [6, 6.07) is 8.37. The SMILES string of the molecule is CC(C)OC(=O)[C@@H](C)NP(=N)(OC[C@H]1OC(n2ccc(=O)[nH]c2=O)/C(=C/F)[C@@H]1O)Oc1ccccc1. The molecule has 196 valence electrons. The van der Waals surface area contributed by atoms with Crippen LogP contribution in [0.1, 0.15) is 27.0 Å². The molecule has 0 bridgehead atoms. The molecule has 0 aliphatic carbocycles. The van der Waals surface area contributed by atoms with Crippen LogP contribution in [0, 0.1) is 5.16 Å². The van der Waals surface area contributed by atoms with Crippen LogP contribution in [0.15, 0.2) is 64.1 Å². The van der Waals surface area contributed by atoms with Crippen molar-refractivity contribution in [2.45, 2.75) is 51.4 Å². The van der Waals surface area contributed by atoms with Crippen LogP contribution in [0.2, 0.25) is 0 Å². The van der Waals surface area contributed by atoms with Gasteiger partial charge in [-0.25, -0.2) is 19.4 Å². The van der Waals surface area contributed by atoms with Crippen molar-refractivity contribution in [3.8, 4) is 5.75 Å². The maximum atomic E-state index is 13.6. The van der Waals surface area contributed by atoms with E-state index in [1.54, 1.807) is 44.2 Å². The number of ether oxygens (including phenoxy) is 2. The number of esters is 1. The number of aromatic nitrogens is 2. The fourth-order valence-corrected chi connectivity index (χ4v) is 4.88. The zero-order chi connectivity index (χ0) is 26.5. The zero-order valence-electron chi connectivity index (χ0n) is 19.8. The van der Waals surface area contributed by atoms with Crippen LogP contribution in [0.3, 0.4) is 0 Å². The van der Waals surface area contributed by atoms with Gasteiger partial charge in [-0.2, -0.15) is 0 Å². The summed E-state index contributed by atoms with van der Waals surface area (Å²) in [7, 11) is -3.78. The Morgan fingerprint density at radius 3 is 2.61 bits per heavy atom. The van der Waals surface area contributed by atoms with E-state index < -0.39 is 56.0 Å². The topological polar surface area (TPSA) is 165 Å². The van der Waals surface area contributed by atoms with Crippen LogP contribution in [0.5, 0.6) is 5.75 Å². The van der Waals surface area contributed by atoms with Crippen molar-refractivity contribution in [2.24, 2.45) is 0 Å². The highest BCUT2D eigenvalue weighted by Gasteiger charge is 2.42. The van der Waals surface area contributed by atoms with E-state index >= 15 is 0 Å². The van der Waals surface area contributed by atoms with E-state index in [0.29, 0.717) is 0 Å². The lowest BCUT2D eigenvalue weighted by Crippen LogP contribution is -2.37. The lowest BCUT2D eigenvalue weighted by Gasteiger charge is -2.27. The molecule has 0 spiro atoms. The molecule has 2 heterocycles. The van der Waals surface area contributed by atoms with E-state index in [1.165, 1.54) is 6.92 Å². The predicted octanol–water partition coefficient (Wildman–Crippen LogP) is 2.20. The number of H-pyrrole nitrogens is 1. The molecule has 1 aliphatic heterocycles. The van der Waals surface area contributed by atoms with Crippen molar-refractivity contribution in [2.75, 3.05) is 6.61 Å². The highest BCUT2D eigenvalue weighted by molar-refractivity contribution is 7.53. The Morgan fingerprint density at radius 2 is 2.00 bits per heavy atom. The minimum atomic E-state index is -3.78. The highest BCUT2D eigenvalue weighted by atomic mass is 31.2. The van der Waals surface area contributed by atoms with Crippen molar-refractivity contribution in [3.63, 3.8) is 0 Å². The molecule has 12 nitrogen and oxygen atoms in total. The molecule has 0 amide bonds. The quantitative estimate of drug-likeness (QED) is 0.268. The van der Waals surface area contributed by atoms with Gasteiger partial charge >= 0.3 is 19.3 Å². The number of aliphatic hydroxyl groups excluding tert-OH is 1. The van der Waals surface area contributed by atoms with Crippen LogP contribution in [0.25, 0.3) is 0 Å². The maximum Gasteiger partial charge on any atom is 0.338 e. The largest absolute Gasteiger partial charge is 0.462 e. The number of halogens is 1. The van der Waals surface area contributed by atoms with Gasteiger partial charge in [0.2, 0.25) is 0 Å². The van der Waals surface area contributed by atoms with Gasteiger partial charge in [0, 0.05) is 17.8 Å². The van der Waals surface area contributed by atoms with E-state index in [-0.39, 0.29) is 23.8 Å². The third-order valence-electron chi connectivity index (χ3n) is 4.98. The van der Waals surface area contributed by atoms with Crippen molar-refractivity contribution in [3.05, 3.63) is 75.3 Å². The third kappa shape index (κ3) is 6.77. The Bertz CT molecular complexity index is 1250. The van der Waals surface area contributed by atoms with Crippen molar-refractivity contribution < 1.29 is 32.8 Å². The van der Waals surface area contributed by atoms with E-state index in [2.05, 4.69) is 5.09 Å². The molecule has 0 radical (unpaired) electrons. The average Bonchev–Trinajstić information content (AvgIpc) is 3.12. The molecule has 1 aliphatic rings. The summed E-state index contributed by atoms with van der Waals surface area (Å²) in [5.41, 5.74) is -1.80. The second kappa shape index (κ2) is 11.8. The summed E-state index contributed by atoms with van der Waals surface area (Å²) in [5, 5.41) is 22.1. The van der Waals surface area contributed by atoms with Crippen LogP contribution in [0.4, 0.5) is 4.39 Å². The number of hydrogen-bond acceptors (Lipinski definition) is 9. The van der Waals surface area contributed by atoms with E-state index in [1.807, 2.05) is 4.98 Å². The number of hydrogen-bond donors (Lipinski definition) is 4. The molecule has 1 aromatic heterocycles. The molecule has 3 rings (SSSR count). The minimum Gasteiger partial charge on any atom is -0.462 e. The summed E-state index contributed by atoms with van der Waals surface area (Å²) < 4.78 is 36.8. The number of aromatic amines is 1. The van der Waals surface area contributed by atoms with Crippen LogP contribution in [-0.4, -0.2) is 51.6 Å². The number of nitrogens with zero attached hydrogens (tertiary/aromatic N) is 1. The van der Waals surface area contributed by atoms with Gasteiger partial charge in [-0.05, 0) is 32.9 Å². The van der Waals surface area contributed by atoms with Gasteiger partial charge in [0.05, 0.1) is 19.0 Å². The number of nitrogens with one attached hydrogen (secondary N) is 3. The van der Waals surface area contributed by atoms with E-state index in [0.717, 1.165) is 16.8 Å². The Labute approximate surface area is 205 Å². The van der Waals surface area contributed by atoms with E-state index in [9.17, 15) is 23.9 Å². The molecular weight excluding hydrogens is 498 g/mol. The van der Waals surface area contributed by atoms with Gasteiger partial charge in [-0.15, -0.1) is 0 Å². The first-order valence-corrected chi connectivity index (χ1v) is 12.6.